The molecule has 0 N–H and O–H groups in total. The van der Waals surface area contributed by atoms with Crippen molar-refractivity contribution in [2.24, 2.45) is 4.99 Å². The van der Waals surface area contributed by atoms with Crippen LogP contribution in [0.4, 0.5) is 11.4 Å². The van der Waals surface area contributed by atoms with Gasteiger partial charge in [-0.25, -0.2) is 4.99 Å². The van der Waals surface area contributed by atoms with E-state index in [1.54, 1.807) is 11.9 Å². The summed E-state index contributed by atoms with van der Waals surface area (Å²) in [5.74, 6) is -0.0386. The Bertz CT molecular complexity index is 1190. The molecule has 1 saturated heterocycles. The number of carbonyl (C=O) groups excluding carboxylic acids is 1. The first-order chi connectivity index (χ1) is 14.8. The molecule has 5 nitrogen and oxygen atoms in total. The van der Waals surface area contributed by atoms with Crippen molar-refractivity contribution in [1.82, 2.24) is 9.47 Å². The maximum absolute atomic E-state index is 12.9. The SMILES string of the molecule is Cc1ccc(N=C2S/C(=C\c3cccn3-c3ccc(N(C)C)cc3)C(=O)N2C)cc1C. The van der Waals surface area contributed by atoms with Crippen molar-refractivity contribution in [2.45, 2.75) is 13.8 Å². The van der Waals surface area contributed by atoms with Gasteiger partial charge in [-0.3, -0.25) is 9.69 Å². The minimum absolute atomic E-state index is 0.0386. The first-order valence-electron chi connectivity index (χ1n) is 10.1. The third-order valence-electron chi connectivity index (χ3n) is 5.42. The highest BCUT2D eigenvalue weighted by atomic mass is 32.2. The largest absolute Gasteiger partial charge is 0.378 e. The number of rotatable bonds is 4. The number of aromatic nitrogens is 1. The van der Waals surface area contributed by atoms with Crippen molar-refractivity contribution in [1.29, 1.82) is 0 Å². The second-order valence-electron chi connectivity index (χ2n) is 7.85. The second-order valence-corrected chi connectivity index (χ2v) is 8.86. The van der Waals surface area contributed by atoms with Crippen molar-refractivity contribution >= 4 is 40.3 Å². The van der Waals surface area contributed by atoms with Crippen molar-refractivity contribution in [3.8, 4) is 5.69 Å². The van der Waals surface area contributed by atoms with Crippen molar-refractivity contribution in [3.63, 3.8) is 0 Å². The molecular formula is C25H26N4OS. The van der Waals surface area contributed by atoms with Gasteiger partial charge >= 0.3 is 0 Å². The molecule has 6 heteroatoms. The van der Waals surface area contributed by atoms with Crippen LogP contribution in [0.3, 0.4) is 0 Å². The number of aryl methyl sites for hydroxylation is 2. The van der Waals surface area contributed by atoms with Crippen LogP contribution in [-0.2, 0) is 4.79 Å². The van der Waals surface area contributed by atoms with Gasteiger partial charge in [0.2, 0.25) is 0 Å². The number of aliphatic imine (C=N–C) groups is 1. The molecule has 1 aliphatic heterocycles. The number of nitrogens with zero attached hydrogens (tertiary/aromatic N) is 4. The monoisotopic (exact) mass is 430 g/mol. The van der Waals surface area contributed by atoms with Gasteiger partial charge < -0.3 is 9.47 Å². The van der Waals surface area contributed by atoms with E-state index in [1.807, 2.05) is 50.6 Å². The van der Waals surface area contributed by atoms with Crippen LogP contribution in [0, 0.1) is 13.8 Å². The number of amides is 1. The normalized spacial score (nSPS) is 16.5. The van der Waals surface area contributed by atoms with E-state index in [0.717, 1.165) is 22.8 Å². The van der Waals surface area contributed by atoms with E-state index in [4.69, 9.17) is 4.99 Å². The summed E-state index contributed by atoms with van der Waals surface area (Å²) in [6, 6.07) is 18.4. The fraction of sp³-hybridized carbons (Fsp3) is 0.200. The first kappa shape index (κ1) is 21.0. The highest BCUT2D eigenvalue weighted by Gasteiger charge is 2.30. The summed E-state index contributed by atoms with van der Waals surface area (Å²) in [6.07, 6.45) is 3.95. The molecular weight excluding hydrogens is 404 g/mol. The Kier molecular flexibility index (Phi) is 5.74. The molecule has 31 heavy (non-hydrogen) atoms. The molecule has 158 valence electrons. The van der Waals surface area contributed by atoms with E-state index in [1.165, 1.54) is 22.9 Å². The van der Waals surface area contributed by atoms with Crippen LogP contribution >= 0.6 is 11.8 Å². The van der Waals surface area contributed by atoms with Gasteiger partial charge in [0, 0.05) is 44.4 Å². The molecule has 1 aromatic heterocycles. The van der Waals surface area contributed by atoms with Crippen LogP contribution in [0.5, 0.6) is 0 Å². The zero-order valence-electron chi connectivity index (χ0n) is 18.5. The Labute approximate surface area is 187 Å². The van der Waals surface area contributed by atoms with Gasteiger partial charge in [-0.05, 0) is 91.3 Å². The molecule has 3 aromatic rings. The summed E-state index contributed by atoms with van der Waals surface area (Å²) in [6.45, 7) is 4.15. The van der Waals surface area contributed by atoms with Crippen LogP contribution in [-0.4, -0.2) is 41.7 Å². The van der Waals surface area contributed by atoms with Gasteiger partial charge in [0.05, 0.1) is 10.6 Å². The quantitative estimate of drug-likeness (QED) is 0.521. The highest BCUT2D eigenvalue weighted by molar-refractivity contribution is 8.18. The lowest BCUT2D eigenvalue weighted by Gasteiger charge is -2.13. The molecule has 0 bridgehead atoms. The molecule has 2 heterocycles. The number of thioether (sulfide) groups is 1. The predicted molar refractivity (Wildman–Crippen MR) is 131 cm³/mol. The summed E-state index contributed by atoms with van der Waals surface area (Å²) in [4.78, 5) is 21.9. The standard InChI is InChI=1S/C25H26N4OS/c1-17-8-9-19(15-18(17)2)26-25-28(5)24(30)23(31-25)16-22-7-6-14-29(22)21-12-10-20(11-13-21)27(3)4/h6-16H,1-5H3/b23-16-,26-25?. The topological polar surface area (TPSA) is 40.8 Å². The first-order valence-corrected chi connectivity index (χ1v) is 10.9. The van der Waals surface area contributed by atoms with Gasteiger partial charge in [0.25, 0.3) is 5.91 Å². The average molecular weight is 431 g/mol. The van der Waals surface area contributed by atoms with Crippen molar-refractivity contribution < 1.29 is 4.79 Å². The zero-order valence-corrected chi connectivity index (χ0v) is 19.3. The van der Waals surface area contributed by atoms with E-state index >= 15 is 0 Å². The third kappa shape index (κ3) is 4.30. The van der Waals surface area contributed by atoms with Crippen LogP contribution in [0.15, 0.2) is 70.7 Å². The molecule has 1 aliphatic rings. The summed E-state index contributed by atoms with van der Waals surface area (Å²) in [5.41, 5.74) is 6.42. The average Bonchev–Trinajstić information content (AvgIpc) is 3.31. The smallest absolute Gasteiger partial charge is 0.266 e. The van der Waals surface area contributed by atoms with Gasteiger partial charge in [-0.1, -0.05) is 6.07 Å². The highest BCUT2D eigenvalue weighted by Crippen LogP contribution is 2.34. The number of amidine groups is 1. The van der Waals surface area contributed by atoms with Crippen molar-refractivity contribution in [2.75, 3.05) is 26.0 Å². The Hall–Kier alpha value is -3.25. The molecule has 0 unspecified atom stereocenters. The number of hydrogen-bond donors (Lipinski definition) is 0. The number of likely N-dealkylation sites (N-methyl/N-ethyl adjacent to an activating group) is 1. The summed E-state index contributed by atoms with van der Waals surface area (Å²) in [7, 11) is 5.82. The Morgan fingerprint density at radius 2 is 1.74 bits per heavy atom. The van der Waals surface area contributed by atoms with Gasteiger partial charge in [0.15, 0.2) is 5.17 Å². The van der Waals surface area contributed by atoms with Gasteiger partial charge in [-0.15, -0.1) is 0 Å². The molecule has 1 amide bonds. The third-order valence-corrected chi connectivity index (χ3v) is 6.48. The number of hydrogen-bond acceptors (Lipinski definition) is 4. The summed E-state index contributed by atoms with van der Waals surface area (Å²) >= 11 is 1.41. The Morgan fingerprint density at radius 3 is 2.42 bits per heavy atom. The van der Waals surface area contributed by atoms with Gasteiger partial charge in [-0.2, -0.15) is 0 Å². The van der Waals surface area contributed by atoms with Crippen LogP contribution < -0.4 is 4.90 Å². The van der Waals surface area contributed by atoms with Crippen LogP contribution in [0.25, 0.3) is 11.8 Å². The fourth-order valence-corrected chi connectivity index (χ4v) is 4.32. The lowest BCUT2D eigenvalue weighted by molar-refractivity contribution is -0.121. The Morgan fingerprint density at radius 1 is 1.00 bits per heavy atom. The molecule has 1 fully saturated rings. The fourth-order valence-electron chi connectivity index (χ4n) is 3.35. The second kappa shape index (κ2) is 8.47. The minimum Gasteiger partial charge on any atom is -0.378 e. The maximum Gasteiger partial charge on any atom is 0.266 e. The Balaban J connectivity index is 1.63. The van der Waals surface area contributed by atoms with E-state index in [-0.39, 0.29) is 5.91 Å². The lowest BCUT2D eigenvalue weighted by atomic mass is 10.1. The number of benzene rings is 2. The summed E-state index contributed by atoms with van der Waals surface area (Å²) < 4.78 is 2.08. The minimum atomic E-state index is -0.0386. The molecule has 0 spiro atoms. The number of anilines is 1. The van der Waals surface area contributed by atoms with Gasteiger partial charge in [0.1, 0.15) is 0 Å². The molecule has 0 radical (unpaired) electrons. The van der Waals surface area contributed by atoms with Crippen LogP contribution in [0.1, 0.15) is 16.8 Å². The van der Waals surface area contributed by atoms with E-state index < -0.39 is 0 Å². The molecule has 0 saturated carbocycles. The molecule has 2 aromatic carbocycles. The van der Waals surface area contributed by atoms with Crippen molar-refractivity contribution in [3.05, 3.63) is 82.5 Å². The molecule has 4 rings (SSSR count). The summed E-state index contributed by atoms with van der Waals surface area (Å²) in [5, 5.41) is 0.688. The number of carbonyl (C=O) groups is 1. The van der Waals surface area contributed by atoms with E-state index in [0.29, 0.717) is 10.1 Å². The maximum atomic E-state index is 12.9. The van der Waals surface area contributed by atoms with E-state index in [9.17, 15) is 4.79 Å². The zero-order chi connectivity index (χ0) is 22.1. The van der Waals surface area contributed by atoms with E-state index in [2.05, 4.69) is 53.6 Å². The predicted octanol–water partition coefficient (Wildman–Crippen LogP) is 5.39. The lowest BCUT2D eigenvalue weighted by Crippen LogP contribution is -2.23. The van der Waals surface area contributed by atoms with Crippen LogP contribution in [0.2, 0.25) is 0 Å². The molecule has 0 atom stereocenters. The molecule has 0 aliphatic carbocycles.